The monoisotopic (exact) mass is 694 g/mol. The summed E-state index contributed by atoms with van der Waals surface area (Å²) in [5.41, 5.74) is 10.2. The number of rotatable bonds is 7. The molecule has 0 fully saturated rings. The van der Waals surface area contributed by atoms with Gasteiger partial charge in [-0.1, -0.05) is 133 Å². The van der Waals surface area contributed by atoms with E-state index >= 15 is 0 Å². The molecule has 1 aliphatic rings. The van der Waals surface area contributed by atoms with E-state index in [0.717, 1.165) is 79.7 Å². The van der Waals surface area contributed by atoms with E-state index in [2.05, 4.69) is 151 Å². The number of fused-ring (bicyclic) bond motifs is 4. The van der Waals surface area contributed by atoms with Gasteiger partial charge in [-0.15, -0.1) is 0 Å². The summed E-state index contributed by atoms with van der Waals surface area (Å²) in [5.74, 6) is 2.00. The average molecular weight is 695 g/mol. The van der Waals surface area contributed by atoms with E-state index in [0.29, 0.717) is 17.5 Å². The van der Waals surface area contributed by atoms with Gasteiger partial charge in [-0.25, -0.2) is 15.0 Å². The van der Waals surface area contributed by atoms with Crippen LogP contribution in [0.15, 0.2) is 186 Å². The van der Waals surface area contributed by atoms with Crippen LogP contribution < -0.4 is 4.90 Å². The fourth-order valence-electron chi connectivity index (χ4n) is 7.56. The first-order valence-electron chi connectivity index (χ1n) is 18.3. The van der Waals surface area contributed by atoms with Crippen LogP contribution in [-0.2, 0) is 0 Å². The van der Waals surface area contributed by atoms with Gasteiger partial charge in [-0.3, -0.25) is 0 Å². The number of anilines is 3. The Hall–Kier alpha value is -7.11. The first-order chi connectivity index (χ1) is 26.8. The van der Waals surface area contributed by atoms with Crippen molar-refractivity contribution < 1.29 is 4.42 Å². The molecule has 0 saturated heterocycles. The Morgan fingerprint density at radius 2 is 1.19 bits per heavy atom. The van der Waals surface area contributed by atoms with Gasteiger partial charge < -0.3 is 9.32 Å². The van der Waals surface area contributed by atoms with Gasteiger partial charge in [0.2, 0.25) is 0 Å². The number of benzene rings is 7. The normalized spacial score (nSPS) is 12.7. The third-order valence-electron chi connectivity index (χ3n) is 10.2. The average Bonchev–Trinajstić information content (AvgIpc) is 3.63. The van der Waals surface area contributed by atoms with Crippen molar-refractivity contribution in [3.05, 3.63) is 188 Å². The molecular weight excluding hydrogens is 661 g/mol. The lowest BCUT2D eigenvalue weighted by Gasteiger charge is -2.27. The van der Waals surface area contributed by atoms with Crippen molar-refractivity contribution in [2.75, 3.05) is 4.90 Å². The smallest absolute Gasteiger partial charge is 0.164 e. The molecule has 5 nitrogen and oxygen atoms in total. The van der Waals surface area contributed by atoms with E-state index in [1.54, 1.807) is 0 Å². The number of allylic oxidation sites excluding steroid dienone is 4. The molecule has 2 aromatic heterocycles. The molecule has 0 aliphatic heterocycles. The molecule has 5 heteroatoms. The highest BCUT2D eigenvalue weighted by Crippen LogP contribution is 2.42. The van der Waals surface area contributed by atoms with Crippen molar-refractivity contribution in [3.8, 4) is 33.9 Å². The van der Waals surface area contributed by atoms with E-state index in [9.17, 15) is 0 Å². The zero-order valence-corrected chi connectivity index (χ0v) is 29.4. The van der Waals surface area contributed by atoms with Gasteiger partial charge in [-0.05, 0) is 83.5 Å². The van der Waals surface area contributed by atoms with Crippen LogP contribution in [-0.4, -0.2) is 15.0 Å². The lowest BCUT2D eigenvalue weighted by atomic mass is 9.98. The third-order valence-corrected chi connectivity index (χ3v) is 10.2. The number of hydrogen-bond donors (Lipinski definition) is 0. The van der Waals surface area contributed by atoms with Gasteiger partial charge in [0, 0.05) is 38.7 Å². The first kappa shape index (κ1) is 31.6. The third kappa shape index (κ3) is 5.73. The Morgan fingerprint density at radius 1 is 0.500 bits per heavy atom. The van der Waals surface area contributed by atoms with Crippen molar-refractivity contribution in [1.82, 2.24) is 15.0 Å². The van der Waals surface area contributed by atoms with Gasteiger partial charge in [-0.2, -0.15) is 0 Å². The lowest BCUT2D eigenvalue weighted by molar-refractivity contribution is 0.669. The number of para-hydroxylation sites is 1. The molecule has 2 heterocycles. The zero-order valence-electron chi connectivity index (χ0n) is 29.4. The molecule has 9 aromatic rings. The van der Waals surface area contributed by atoms with Crippen molar-refractivity contribution in [2.45, 2.75) is 12.8 Å². The Bertz CT molecular complexity index is 2870. The molecule has 7 aromatic carbocycles. The summed E-state index contributed by atoms with van der Waals surface area (Å²) in [5, 5.41) is 4.55. The van der Waals surface area contributed by atoms with Crippen molar-refractivity contribution in [2.24, 2.45) is 0 Å². The van der Waals surface area contributed by atoms with Crippen LogP contribution in [0.5, 0.6) is 0 Å². The fourth-order valence-corrected chi connectivity index (χ4v) is 7.56. The van der Waals surface area contributed by atoms with E-state index in [1.165, 1.54) is 10.8 Å². The van der Waals surface area contributed by atoms with Crippen LogP contribution in [0.25, 0.3) is 72.2 Å². The van der Waals surface area contributed by atoms with Crippen LogP contribution in [0.1, 0.15) is 18.7 Å². The van der Waals surface area contributed by atoms with Crippen molar-refractivity contribution >= 4 is 55.3 Å². The predicted molar refractivity (Wildman–Crippen MR) is 222 cm³/mol. The summed E-state index contributed by atoms with van der Waals surface area (Å²) in [7, 11) is 0. The second kappa shape index (κ2) is 13.5. The zero-order chi connectivity index (χ0) is 35.8. The molecule has 0 radical (unpaired) electrons. The van der Waals surface area contributed by atoms with Gasteiger partial charge >= 0.3 is 0 Å². The molecule has 256 valence electrons. The van der Waals surface area contributed by atoms with Crippen molar-refractivity contribution in [1.29, 1.82) is 0 Å². The van der Waals surface area contributed by atoms with E-state index in [1.807, 2.05) is 36.4 Å². The van der Waals surface area contributed by atoms with E-state index < -0.39 is 0 Å². The minimum Gasteiger partial charge on any atom is -0.456 e. The number of nitrogens with zero attached hydrogens (tertiary/aromatic N) is 4. The molecule has 0 spiro atoms. The summed E-state index contributed by atoms with van der Waals surface area (Å²) in [4.78, 5) is 17.2. The maximum Gasteiger partial charge on any atom is 0.164 e. The van der Waals surface area contributed by atoms with Crippen molar-refractivity contribution in [3.63, 3.8) is 0 Å². The molecule has 0 amide bonds. The second-order valence-electron chi connectivity index (χ2n) is 13.5. The maximum absolute atomic E-state index is 6.56. The lowest BCUT2D eigenvalue weighted by Crippen LogP contribution is -2.10. The summed E-state index contributed by atoms with van der Waals surface area (Å²) in [6, 6.07) is 57.2. The minimum absolute atomic E-state index is 0.627. The first-order valence-corrected chi connectivity index (χ1v) is 18.3. The second-order valence-corrected chi connectivity index (χ2v) is 13.5. The summed E-state index contributed by atoms with van der Waals surface area (Å²) < 4.78 is 6.56. The Kier molecular flexibility index (Phi) is 7.88. The standard InChI is InChI=1S/C49H34N4O/c1-4-15-35(16-5-1)47-50-48(36-17-6-2-7-18-36)52-49(51-47)37-28-31-42-45(32-37)54-44-25-13-23-41(46(42)44)34-26-29-39(30-27-34)53(38-20-8-3-9-21-38)43-24-12-19-33-14-10-11-22-40(33)43/h1-6,8-17,19-32H,7,18H2. The van der Waals surface area contributed by atoms with Gasteiger partial charge in [0.15, 0.2) is 17.5 Å². The van der Waals surface area contributed by atoms with Crippen LogP contribution >= 0.6 is 0 Å². The molecule has 0 bridgehead atoms. The highest BCUT2D eigenvalue weighted by molar-refractivity contribution is 6.13. The van der Waals surface area contributed by atoms with Gasteiger partial charge in [0.05, 0.1) is 5.69 Å². The highest BCUT2D eigenvalue weighted by Gasteiger charge is 2.19. The summed E-state index contributed by atoms with van der Waals surface area (Å²) >= 11 is 0. The highest BCUT2D eigenvalue weighted by atomic mass is 16.3. The van der Waals surface area contributed by atoms with E-state index in [4.69, 9.17) is 19.4 Å². The predicted octanol–water partition coefficient (Wildman–Crippen LogP) is 13.1. The quantitative estimate of drug-likeness (QED) is 0.166. The molecule has 0 atom stereocenters. The fraction of sp³-hybridized carbons (Fsp3) is 0.0408. The molecule has 54 heavy (non-hydrogen) atoms. The molecule has 0 saturated carbocycles. The van der Waals surface area contributed by atoms with Crippen LogP contribution in [0.2, 0.25) is 0 Å². The van der Waals surface area contributed by atoms with Gasteiger partial charge in [0.25, 0.3) is 0 Å². The largest absolute Gasteiger partial charge is 0.456 e. The molecular formula is C49H34N4O. The molecule has 1 aliphatic carbocycles. The van der Waals surface area contributed by atoms with Gasteiger partial charge in [0.1, 0.15) is 11.2 Å². The number of hydrogen-bond acceptors (Lipinski definition) is 5. The topological polar surface area (TPSA) is 55.1 Å². The molecule has 0 N–H and O–H groups in total. The molecule has 10 rings (SSSR count). The van der Waals surface area contributed by atoms with Crippen LogP contribution in [0.3, 0.4) is 0 Å². The molecule has 0 unspecified atom stereocenters. The van der Waals surface area contributed by atoms with Crippen LogP contribution in [0.4, 0.5) is 17.1 Å². The number of aromatic nitrogens is 3. The summed E-state index contributed by atoms with van der Waals surface area (Å²) in [6.45, 7) is 0. The SMILES string of the molecule is C1=CCCC(c2nc(-c3ccccc3)nc(-c3ccc4c(c3)oc3cccc(-c5ccc(N(c6ccccc6)c6cccc7ccccc67)cc5)c34)n2)=C1. The Labute approximate surface area is 313 Å². The minimum atomic E-state index is 0.627. The number of furan rings is 1. The maximum atomic E-state index is 6.56. The summed E-state index contributed by atoms with van der Waals surface area (Å²) in [6.07, 6.45) is 8.23. The van der Waals surface area contributed by atoms with Crippen LogP contribution in [0, 0.1) is 0 Å². The Morgan fingerprint density at radius 3 is 2.00 bits per heavy atom. The van der Waals surface area contributed by atoms with E-state index in [-0.39, 0.29) is 0 Å². The Balaban J connectivity index is 1.05.